The van der Waals surface area contributed by atoms with Gasteiger partial charge in [0.15, 0.2) is 0 Å². The molecule has 2 aromatic rings. The van der Waals surface area contributed by atoms with Crippen LogP contribution in [0.2, 0.25) is 0 Å². The molecule has 1 saturated heterocycles. The second-order valence-corrected chi connectivity index (χ2v) is 6.98. The number of nitrogens with one attached hydrogen (secondary N) is 1. The molecule has 1 aliphatic carbocycles. The quantitative estimate of drug-likeness (QED) is 0.864. The third kappa shape index (κ3) is 3.11. The van der Waals surface area contributed by atoms with Crippen molar-refractivity contribution in [2.75, 3.05) is 6.61 Å². The van der Waals surface area contributed by atoms with E-state index in [0.717, 1.165) is 23.4 Å². The molecular formula is C18H22N4O3. The molecule has 132 valence electrons. The van der Waals surface area contributed by atoms with Crippen LogP contribution in [0.5, 0.6) is 0 Å². The molecular weight excluding hydrogens is 320 g/mol. The average Bonchev–Trinajstić information content (AvgIpc) is 3.22. The summed E-state index contributed by atoms with van der Waals surface area (Å²) in [5, 5.41) is 11.4. The molecule has 0 unspecified atom stereocenters. The average molecular weight is 342 g/mol. The van der Waals surface area contributed by atoms with Crippen molar-refractivity contribution in [3.05, 3.63) is 47.3 Å². The maximum absolute atomic E-state index is 12.0. The molecule has 1 amide bonds. The normalized spacial score (nSPS) is 24.2. The summed E-state index contributed by atoms with van der Waals surface area (Å²) in [7, 11) is 0. The van der Waals surface area contributed by atoms with Gasteiger partial charge in [-0.15, -0.1) is 5.10 Å². The molecule has 2 aliphatic rings. The minimum Gasteiger partial charge on any atom is -0.440 e. The number of amides is 1. The highest BCUT2D eigenvalue weighted by molar-refractivity contribution is 5.67. The summed E-state index contributed by atoms with van der Waals surface area (Å²) in [4.78, 5) is 12.0. The van der Waals surface area contributed by atoms with Crippen LogP contribution in [0.1, 0.15) is 49.7 Å². The number of carbonyl (C=O) groups is 1. The zero-order chi connectivity index (χ0) is 17.4. The van der Waals surface area contributed by atoms with Gasteiger partial charge in [-0.2, -0.15) is 0 Å². The second-order valence-electron chi connectivity index (χ2n) is 6.98. The van der Waals surface area contributed by atoms with Crippen molar-refractivity contribution in [1.29, 1.82) is 0 Å². The monoisotopic (exact) mass is 342 g/mol. The Morgan fingerprint density at radius 3 is 2.88 bits per heavy atom. The highest BCUT2D eigenvalue weighted by Gasteiger charge is 2.55. The van der Waals surface area contributed by atoms with Gasteiger partial charge in [-0.05, 0) is 32.3 Å². The van der Waals surface area contributed by atoms with Crippen molar-refractivity contribution in [1.82, 2.24) is 20.3 Å². The zero-order valence-corrected chi connectivity index (χ0v) is 14.4. The van der Waals surface area contributed by atoms with Crippen LogP contribution in [-0.4, -0.2) is 33.7 Å². The molecule has 1 N–H and O–H groups in total. The number of nitrogens with zero attached hydrogens (tertiary/aromatic N) is 3. The van der Waals surface area contributed by atoms with E-state index < -0.39 is 6.09 Å². The summed E-state index contributed by atoms with van der Waals surface area (Å²) in [6.07, 6.45) is 0.703. The third-order valence-corrected chi connectivity index (χ3v) is 4.63. The summed E-state index contributed by atoms with van der Waals surface area (Å²) in [6, 6.07) is 10.1. The van der Waals surface area contributed by atoms with E-state index in [1.807, 2.05) is 36.7 Å². The molecule has 1 fully saturated rings. The fourth-order valence-corrected chi connectivity index (χ4v) is 3.38. The van der Waals surface area contributed by atoms with Gasteiger partial charge in [0, 0.05) is 6.04 Å². The SMILES string of the molecule is CC(C)NC(=O)O[C@@H]1CC[C@]2(CO2)c2c1nnn2Cc1ccccc1. The van der Waals surface area contributed by atoms with Crippen molar-refractivity contribution in [3.8, 4) is 0 Å². The number of benzene rings is 1. The molecule has 0 bridgehead atoms. The Kier molecular flexibility index (Phi) is 3.95. The Morgan fingerprint density at radius 1 is 1.44 bits per heavy atom. The lowest BCUT2D eigenvalue weighted by molar-refractivity contribution is 0.0712. The van der Waals surface area contributed by atoms with E-state index >= 15 is 0 Å². The summed E-state index contributed by atoms with van der Waals surface area (Å²) < 4.78 is 13.2. The second kappa shape index (κ2) is 6.15. The standard InChI is InChI=1S/C18H22N4O3/c1-12(2)19-17(23)25-14-8-9-18(11-24-18)16-15(14)20-21-22(16)10-13-6-4-3-5-7-13/h3-7,12,14H,8-11H2,1-2H3,(H,19,23)/t14-,18+/m1/s1. The van der Waals surface area contributed by atoms with Crippen molar-refractivity contribution in [3.63, 3.8) is 0 Å². The summed E-state index contributed by atoms with van der Waals surface area (Å²) in [6.45, 7) is 5.10. The van der Waals surface area contributed by atoms with E-state index in [1.165, 1.54) is 0 Å². The van der Waals surface area contributed by atoms with Gasteiger partial charge in [0.25, 0.3) is 0 Å². The molecule has 1 aromatic heterocycles. The first-order chi connectivity index (χ1) is 12.1. The Labute approximate surface area is 146 Å². The lowest BCUT2D eigenvalue weighted by atomic mass is 9.88. The fraction of sp³-hybridized carbons (Fsp3) is 0.500. The van der Waals surface area contributed by atoms with Crippen molar-refractivity contribution in [2.24, 2.45) is 0 Å². The van der Waals surface area contributed by atoms with Crippen LogP contribution in [0.25, 0.3) is 0 Å². The molecule has 1 spiro atoms. The predicted octanol–water partition coefficient (Wildman–Crippen LogP) is 2.52. The summed E-state index contributed by atoms with van der Waals surface area (Å²) in [5.74, 6) is 0. The van der Waals surface area contributed by atoms with E-state index in [4.69, 9.17) is 9.47 Å². The summed E-state index contributed by atoms with van der Waals surface area (Å²) in [5.41, 5.74) is 2.51. The van der Waals surface area contributed by atoms with E-state index in [0.29, 0.717) is 19.6 Å². The molecule has 0 saturated carbocycles. The number of hydrogen-bond donors (Lipinski definition) is 1. The van der Waals surface area contributed by atoms with Crippen LogP contribution in [0.3, 0.4) is 0 Å². The Hall–Kier alpha value is -2.41. The van der Waals surface area contributed by atoms with E-state index in [-0.39, 0.29) is 17.7 Å². The van der Waals surface area contributed by atoms with Gasteiger partial charge in [0.2, 0.25) is 0 Å². The van der Waals surface area contributed by atoms with Crippen LogP contribution in [0.4, 0.5) is 4.79 Å². The highest BCUT2D eigenvalue weighted by Crippen LogP contribution is 2.51. The van der Waals surface area contributed by atoms with Crippen molar-refractivity contribution < 1.29 is 14.3 Å². The maximum atomic E-state index is 12.0. The van der Waals surface area contributed by atoms with Crippen LogP contribution >= 0.6 is 0 Å². The smallest absolute Gasteiger partial charge is 0.408 e. The molecule has 2 heterocycles. The van der Waals surface area contributed by atoms with Crippen molar-refractivity contribution >= 4 is 6.09 Å². The van der Waals surface area contributed by atoms with Gasteiger partial charge in [0.05, 0.1) is 13.2 Å². The van der Waals surface area contributed by atoms with Gasteiger partial charge in [0.1, 0.15) is 23.1 Å². The number of carbonyl (C=O) groups excluding carboxylic acids is 1. The number of epoxide rings is 1. The molecule has 1 aliphatic heterocycles. The van der Waals surface area contributed by atoms with Crippen molar-refractivity contribution in [2.45, 2.75) is 51.0 Å². The Balaban J connectivity index is 1.60. The lowest BCUT2D eigenvalue weighted by Gasteiger charge is -2.26. The number of hydrogen-bond acceptors (Lipinski definition) is 5. The van der Waals surface area contributed by atoms with E-state index in [1.54, 1.807) is 0 Å². The molecule has 0 radical (unpaired) electrons. The number of fused-ring (bicyclic) bond motifs is 2. The third-order valence-electron chi connectivity index (χ3n) is 4.63. The van der Waals surface area contributed by atoms with Gasteiger partial charge in [-0.25, -0.2) is 9.48 Å². The van der Waals surface area contributed by atoms with Crippen LogP contribution in [-0.2, 0) is 21.6 Å². The first kappa shape index (κ1) is 16.1. The summed E-state index contributed by atoms with van der Waals surface area (Å²) >= 11 is 0. The molecule has 7 nitrogen and oxygen atoms in total. The molecule has 2 atom stereocenters. The predicted molar refractivity (Wildman–Crippen MR) is 89.9 cm³/mol. The Bertz CT molecular complexity index is 768. The first-order valence-electron chi connectivity index (χ1n) is 8.66. The first-order valence-corrected chi connectivity index (χ1v) is 8.66. The van der Waals surface area contributed by atoms with Gasteiger partial charge in [-0.3, -0.25) is 0 Å². The number of alkyl carbamates (subject to hydrolysis) is 1. The van der Waals surface area contributed by atoms with E-state index in [9.17, 15) is 4.79 Å². The largest absolute Gasteiger partial charge is 0.440 e. The highest BCUT2D eigenvalue weighted by atomic mass is 16.6. The minimum atomic E-state index is -0.420. The van der Waals surface area contributed by atoms with Crippen LogP contribution in [0, 0.1) is 0 Å². The molecule has 25 heavy (non-hydrogen) atoms. The minimum absolute atomic E-state index is 0.0300. The molecule has 4 rings (SSSR count). The number of rotatable bonds is 4. The van der Waals surface area contributed by atoms with Crippen LogP contribution < -0.4 is 5.32 Å². The lowest BCUT2D eigenvalue weighted by Crippen LogP contribution is -2.34. The Morgan fingerprint density at radius 2 is 2.20 bits per heavy atom. The van der Waals surface area contributed by atoms with E-state index in [2.05, 4.69) is 27.8 Å². The molecule has 7 heteroatoms. The number of ether oxygens (including phenoxy) is 2. The van der Waals surface area contributed by atoms with Gasteiger partial charge in [-0.1, -0.05) is 35.5 Å². The van der Waals surface area contributed by atoms with Gasteiger partial charge < -0.3 is 14.8 Å². The fourth-order valence-electron chi connectivity index (χ4n) is 3.38. The van der Waals surface area contributed by atoms with Gasteiger partial charge >= 0.3 is 6.09 Å². The number of aromatic nitrogens is 3. The zero-order valence-electron chi connectivity index (χ0n) is 14.4. The molecule has 1 aromatic carbocycles. The topological polar surface area (TPSA) is 81.6 Å². The maximum Gasteiger partial charge on any atom is 0.408 e. The van der Waals surface area contributed by atoms with Crippen LogP contribution in [0.15, 0.2) is 30.3 Å².